The van der Waals surface area contributed by atoms with Crippen LogP contribution in [0.3, 0.4) is 0 Å². The summed E-state index contributed by atoms with van der Waals surface area (Å²) >= 11 is 0. The number of nitrogens with one attached hydrogen (secondary N) is 2. The summed E-state index contributed by atoms with van der Waals surface area (Å²) in [6, 6.07) is 6.59. The first-order valence-electron chi connectivity index (χ1n) is 11.6. The Morgan fingerprint density at radius 2 is 1.97 bits per heavy atom. The molecule has 1 aromatic rings. The second kappa shape index (κ2) is 9.46. The molecule has 0 amide bonds. The Kier molecular flexibility index (Phi) is 6.94. The minimum Gasteiger partial charge on any atom is -0.310 e. The third-order valence-corrected chi connectivity index (χ3v) is 8.78. The molecule has 2 heterocycles. The quantitative estimate of drug-likeness (QED) is 0.709. The van der Waals surface area contributed by atoms with Crippen molar-refractivity contribution in [3.63, 3.8) is 0 Å². The number of likely N-dealkylation sites (tertiary alicyclic amines) is 1. The fourth-order valence-corrected chi connectivity index (χ4v) is 6.62. The predicted molar refractivity (Wildman–Crippen MR) is 118 cm³/mol. The van der Waals surface area contributed by atoms with E-state index >= 15 is 0 Å². The van der Waals surface area contributed by atoms with Crippen molar-refractivity contribution in [2.45, 2.75) is 81.2 Å². The standard InChI is InChI=1S/C23H37N3O2S/c1-26-15-5-8-20(26)12-14-25-29(27,28)21-10-9-19-11-13-24-23(22(19)17-21)16-18-6-3-2-4-7-18/h9-10,17-18,20,23-25H,2-8,11-16H2,1H3. The van der Waals surface area contributed by atoms with Crippen molar-refractivity contribution in [3.8, 4) is 0 Å². The van der Waals surface area contributed by atoms with Crippen LogP contribution in [0.5, 0.6) is 0 Å². The van der Waals surface area contributed by atoms with Crippen molar-refractivity contribution in [1.82, 2.24) is 14.9 Å². The average molecular weight is 420 g/mol. The van der Waals surface area contributed by atoms with E-state index in [1.54, 1.807) is 6.07 Å². The zero-order valence-corrected chi connectivity index (χ0v) is 18.6. The van der Waals surface area contributed by atoms with Crippen molar-refractivity contribution >= 4 is 10.0 Å². The first-order chi connectivity index (χ1) is 14.0. The van der Waals surface area contributed by atoms with Gasteiger partial charge in [0, 0.05) is 18.6 Å². The Balaban J connectivity index is 1.43. The second-order valence-electron chi connectivity index (χ2n) is 9.32. The summed E-state index contributed by atoms with van der Waals surface area (Å²) in [6.45, 7) is 2.62. The molecule has 0 bridgehead atoms. The molecule has 3 aliphatic rings. The highest BCUT2D eigenvalue weighted by Crippen LogP contribution is 2.35. The third kappa shape index (κ3) is 5.22. The van der Waals surface area contributed by atoms with Crippen LogP contribution in [0.15, 0.2) is 23.1 Å². The van der Waals surface area contributed by atoms with E-state index in [0.29, 0.717) is 23.5 Å². The molecule has 1 saturated carbocycles. The van der Waals surface area contributed by atoms with Crippen LogP contribution in [0.2, 0.25) is 0 Å². The molecule has 1 aliphatic carbocycles. The van der Waals surface area contributed by atoms with Crippen molar-refractivity contribution in [2.75, 3.05) is 26.7 Å². The van der Waals surface area contributed by atoms with Crippen LogP contribution in [0.4, 0.5) is 0 Å². The summed E-state index contributed by atoms with van der Waals surface area (Å²) in [5.41, 5.74) is 2.52. The lowest BCUT2D eigenvalue weighted by Gasteiger charge is -2.32. The molecule has 0 aromatic heterocycles. The summed E-state index contributed by atoms with van der Waals surface area (Å²) in [5, 5.41) is 3.67. The topological polar surface area (TPSA) is 61.4 Å². The van der Waals surface area contributed by atoms with E-state index in [0.717, 1.165) is 38.3 Å². The zero-order valence-electron chi connectivity index (χ0n) is 17.8. The minimum absolute atomic E-state index is 0.295. The van der Waals surface area contributed by atoms with E-state index in [2.05, 4.69) is 22.0 Å². The highest BCUT2D eigenvalue weighted by Gasteiger charge is 2.27. The van der Waals surface area contributed by atoms with Gasteiger partial charge in [-0.05, 0) is 81.4 Å². The molecule has 2 atom stereocenters. The molecule has 0 radical (unpaired) electrons. The number of fused-ring (bicyclic) bond motifs is 1. The largest absolute Gasteiger partial charge is 0.310 e. The highest BCUT2D eigenvalue weighted by atomic mass is 32.2. The second-order valence-corrected chi connectivity index (χ2v) is 11.1. The maximum Gasteiger partial charge on any atom is 0.240 e. The molecular formula is C23H37N3O2S. The van der Waals surface area contributed by atoms with E-state index in [4.69, 9.17) is 0 Å². The molecule has 29 heavy (non-hydrogen) atoms. The Hall–Kier alpha value is -0.950. The van der Waals surface area contributed by atoms with Gasteiger partial charge >= 0.3 is 0 Å². The minimum atomic E-state index is -3.46. The van der Waals surface area contributed by atoms with Gasteiger partial charge in [0.25, 0.3) is 0 Å². The van der Waals surface area contributed by atoms with E-state index in [9.17, 15) is 8.42 Å². The van der Waals surface area contributed by atoms with Gasteiger partial charge in [-0.25, -0.2) is 13.1 Å². The Labute approximate surface area is 176 Å². The van der Waals surface area contributed by atoms with Gasteiger partial charge in [-0.15, -0.1) is 0 Å². The van der Waals surface area contributed by atoms with Gasteiger partial charge in [0.15, 0.2) is 0 Å². The molecule has 1 saturated heterocycles. The van der Waals surface area contributed by atoms with Crippen LogP contribution in [-0.4, -0.2) is 46.0 Å². The van der Waals surface area contributed by atoms with Crippen LogP contribution in [0.1, 0.15) is 75.0 Å². The normalized spacial score (nSPS) is 26.5. The van der Waals surface area contributed by atoms with Gasteiger partial charge in [-0.2, -0.15) is 0 Å². The lowest BCUT2D eigenvalue weighted by Crippen LogP contribution is -2.33. The molecule has 1 aromatic carbocycles. The summed E-state index contributed by atoms with van der Waals surface area (Å²) < 4.78 is 28.7. The Morgan fingerprint density at radius 3 is 2.72 bits per heavy atom. The SMILES string of the molecule is CN1CCCC1CCNS(=O)(=O)c1ccc2c(c1)C(CC1CCCCC1)NCC2. The van der Waals surface area contributed by atoms with Crippen molar-refractivity contribution in [1.29, 1.82) is 0 Å². The summed E-state index contributed by atoms with van der Waals surface area (Å²) in [7, 11) is -1.32. The van der Waals surface area contributed by atoms with E-state index in [1.807, 2.05) is 12.1 Å². The molecule has 2 fully saturated rings. The molecule has 2 aliphatic heterocycles. The fraction of sp³-hybridized carbons (Fsp3) is 0.739. The van der Waals surface area contributed by atoms with Crippen molar-refractivity contribution in [3.05, 3.63) is 29.3 Å². The average Bonchev–Trinajstić information content (AvgIpc) is 3.13. The number of hydrogen-bond acceptors (Lipinski definition) is 4. The molecule has 4 rings (SSSR count). The van der Waals surface area contributed by atoms with E-state index in [1.165, 1.54) is 56.1 Å². The van der Waals surface area contributed by atoms with Crippen LogP contribution < -0.4 is 10.0 Å². The number of hydrogen-bond donors (Lipinski definition) is 2. The van der Waals surface area contributed by atoms with Gasteiger partial charge < -0.3 is 10.2 Å². The molecular weight excluding hydrogens is 382 g/mol. The van der Waals surface area contributed by atoms with Crippen LogP contribution in [-0.2, 0) is 16.4 Å². The lowest BCUT2D eigenvalue weighted by molar-refractivity contribution is 0.295. The fourth-order valence-electron chi connectivity index (χ4n) is 5.54. The maximum absolute atomic E-state index is 12.9. The smallest absolute Gasteiger partial charge is 0.240 e. The molecule has 162 valence electrons. The molecule has 2 N–H and O–H groups in total. The molecule has 0 spiro atoms. The van der Waals surface area contributed by atoms with Crippen LogP contribution in [0, 0.1) is 5.92 Å². The van der Waals surface area contributed by atoms with E-state index in [-0.39, 0.29) is 0 Å². The number of sulfonamides is 1. The van der Waals surface area contributed by atoms with Crippen LogP contribution >= 0.6 is 0 Å². The van der Waals surface area contributed by atoms with Crippen LogP contribution in [0.25, 0.3) is 0 Å². The number of nitrogens with zero attached hydrogens (tertiary/aromatic N) is 1. The number of rotatable bonds is 7. The lowest BCUT2D eigenvalue weighted by atomic mass is 9.81. The molecule has 5 nitrogen and oxygen atoms in total. The van der Waals surface area contributed by atoms with Crippen molar-refractivity contribution < 1.29 is 8.42 Å². The summed E-state index contributed by atoms with van der Waals surface area (Å²) in [6.07, 6.45) is 12.1. The molecule has 2 unspecified atom stereocenters. The third-order valence-electron chi connectivity index (χ3n) is 7.32. The summed E-state index contributed by atoms with van der Waals surface area (Å²) in [5.74, 6) is 0.772. The van der Waals surface area contributed by atoms with Crippen molar-refractivity contribution in [2.24, 2.45) is 5.92 Å². The Morgan fingerprint density at radius 1 is 1.14 bits per heavy atom. The number of benzene rings is 1. The molecule has 6 heteroatoms. The predicted octanol–water partition coefficient (Wildman–Crippen LogP) is 3.61. The highest BCUT2D eigenvalue weighted by molar-refractivity contribution is 7.89. The maximum atomic E-state index is 12.9. The zero-order chi connectivity index (χ0) is 20.3. The Bertz CT molecular complexity index is 789. The van der Waals surface area contributed by atoms with Gasteiger partial charge in [0.1, 0.15) is 0 Å². The first kappa shape index (κ1) is 21.3. The van der Waals surface area contributed by atoms with Gasteiger partial charge in [0.05, 0.1) is 4.90 Å². The van der Waals surface area contributed by atoms with E-state index < -0.39 is 10.0 Å². The van der Waals surface area contributed by atoms with Gasteiger partial charge in [-0.1, -0.05) is 38.2 Å². The van der Waals surface area contributed by atoms with Gasteiger partial charge in [-0.3, -0.25) is 0 Å². The first-order valence-corrected chi connectivity index (χ1v) is 13.1. The van der Waals surface area contributed by atoms with Gasteiger partial charge in [0.2, 0.25) is 10.0 Å². The summed E-state index contributed by atoms with van der Waals surface area (Å²) in [4.78, 5) is 2.77. The monoisotopic (exact) mass is 419 g/mol.